The zero-order valence-corrected chi connectivity index (χ0v) is 22.0. The Kier molecular flexibility index (Phi) is 9.24. The van der Waals surface area contributed by atoms with Crippen molar-refractivity contribution in [1.82, 2.24) is 19.6 Å². The molecule has 0 amide bonds. The Morgan fingerprint density at radius 1 is 1.00 bits per heavy atom. The second-order valence-corrected chi connectivity index (χ2v) is 9.13. The van der Waals surface area contributed by atoms with Gasteiger partial charge in [-0.15, -0.1) is 5.10 Å². The molecule has 0 bridgehead atoms. The molecule has 8 heteroatoms. The highest BCUT2D eigenvalue weighted by atomic mass is 16.5. The van der Waals surface area contributed by atoms with Crippen LogP contribution in [0.1, 0.15) is 42.2 Å². The van der Waals surface area contributed by atoms with Crippen LogP contribution in [0.25, 0.3) is 5.69 Å². The zero-order valence-electron chi connectivity index (χ0n) is 22.0. The Bertz CT molecular complexity index is 1380. The van der Waals surface area contributed by atoms with Crippen LogP contribution in [0.5, 0.6) is 5.75 Å². The number of benzene rings is 2. The minimum absolute atomic E-state index is 0.0181. The van der Waals surface area contributed by atoms with E-state index in [0.29, 0.717) is 12.3 Å². The van der Waals surface area contributed by atoms with Gasteiger partial charge in [0.1, 0.15) is 0 Å². The number of aliphatic hydroxyl groups is 1. The Hall–Kier alpha value is -4.01. The van der Waals surface area contributed by atoms with Gasteiger partial charge in [-0.3, -0.25) is 14.0 Å². The minimum atomic E-state index is -0.200. The number of aryl methyl sites for hydroxylation is 1. The normalized spacial score (nSPS) is 13.9. The first-order valence-corrected chi connectivity index (χ1v) is 12.7. The molecule has 2 aromatic carbocycles. The van der Waals surface area contributed by atoms with Gasteiger partial charge in [-0.1, -0.05) is 66.8 Å². The number of hydrogen-bond acceptors (Lipinski definition) is 6. The van der Waals surface area contributed by atoms with E-state index in [1.54, 1.807) is 30.0 Å². The molecule has 4 rings (SSSR count). The van der Waals surface area contributed by atoms with E-state index in [-0.39, 0.29) is 30.1 Å². The highest BCUT2D eigenvalue weighted by Gasteiger charge is 2.18. The van der Waals surface area contributed by atoms with Crippen LogP contribution in [0.15, 0.2) is 96.1 Å². The summed E-state index contributed by atoms with van der Waals surface area (Å²) in [6.07, 6.45) is 8.56. The fraction of sp³-hybridized carbons (Fsp3) is 0.300. The van der Waals surface area contributed by atoms with Crippen molar-refractivity contribution in [3.63, 3.8) is 0 Å². The van der Waals surface area contributed by atoms with Crippen LogP contribution in [0.2, 0.25) is 0 Å². The van der Waals surface area contributed by atoms with E-state index in [1.807, 2.05) is 65.5 Å². The molecule has 0 spiro atoms. The highest BCUT2D eigenvalue weighted by Crippen LogP contribution is 2.27. The van der Waals surface area contributed by atoms with Gasteiger partial charge in [0, 0.05) is 37.7 Å². The second kappa shape index (κ2) is 13.0. The molecule has 198 valence electrons. The molecule has 38 heavy (non-hydrogen) atoms. The quantitative estimate of drug-likeness (QED) is 0.279. The van der Waals surface area contributed by atoms with E-state index in [4.69, 9.17) is 9.47 Å². The van der Waals surface area contributed by atoms with Gasteiger partial charge in [0.05, 0.1) is 31.4 Å². The van der Waals surface area contributed by atoms with Crippen molar-refractivity contribution < 1.29 is 14.6 Å². The van der Waals surface area contributed by atoms with E-state index < -0.39 is 0 Å². The molecule has 0 aliphatic heterocycles. The summed E-state index contributed by atoms with van der Waals surface area (Å²) in [7, 11) is 3.20. The van der Waals surface area contributed by atoms with Crippen molar-refractivity contribution in [3.05, 3.63) is 118 Å². The van der Waals surface area contributed by atoms with E-state index >= 15 is 0 Å². The highest BCUT2D eigenvalue weighted by molar-refractivity contribution is 5.37. The predicted octanol–water partition coefficient (Wildman–Crippen LogP) is 4.53. The van der Waals surface area contributed by atoms with Crippen LogP contribution < -0.4 is 10.3 Å². The SMILES string of the molecule is COc1cccn(-c2ccc([C@H](OC)[C@@H](C)/C=C/CCn3cc(C(CO)c4ccccc4)nn3)cc2)c1=O. The third-order valence-electron chi connectivity index (χ3n) is 6.63. The van der Waals surface area contributed by atoms with Crippen LogP contribution >= 0.6 is 0 Å². The lowest BCUT2D eigenvalue weighted by atomic mass is 9.96. The molecule has 1 unspecified atom stereocenters. The maximum absolute atomic E-state index is 12.5. The summed E-state index contributed by atoms with van der Waals surface area (Å²) in [5.74, 6) is 0.252. The second-order valence-electron chi connectivity index (χ2n) is 9.13. The summed E-state index contributed by atoms with van der Waals surface area (Å²) < 4.78 is 14.3. The molecular weight excluding hydrogens is 480 g/mol. The summed E-state index contributed by atoms with van der Waals surface area (Å²) in [4.78, 5) is 12.5. The van der Waals surface area contributed by atoms with E-state index in [1.165, 1.54) is 7.11 Å². The van der Waals surface area contributed by atoms with Crippen molar-refractivity contribution >= 4 is 0 Å². The molecule has 1 N–H and O–H groups in total. The third kappa shape index (κ3) is 6.27. The molecule has 2 aromatic heterocycles. The number of rotatable bonds is 12. The topological polar surface area (TPSA) is 91.4 Å². The van der Waals surface area contributed by atoms with Crippen LogP contribution in [-0.2, 0) is 11.3 Å². The average Bonchev–Trinajstić information content (AvgIpc) is 3.41. The number of aromatic nitrogens is 4. The van der Waals surface area contributed by atoms with Gasteiger partial charge in [-0.2, -0.15) is 0 Å². The molecule has 4 aromatic rings. The third-order valence-corrected chi connectivity index (χ3v) is 6.63. The van der Waals surface area contributed by atoms with Crippen LogP contribution in [-0.4, -0.2) is 45.5 Å². The lowest BCUT2D eigenvalue weighted by Gasteiger charge is -2.21. The molecule has 0 aliphatic carbocycles. The Morgan fingerprint density at radius 3 is 2.45 bits per heavy atom. The number of allylic oxidation sites excluding steroid dienone is 1. The fourth-order valence-corrected chi connectivity index (χ4v) is 4.57. The summed E-state index contributed by atoms with van der Waals surface area (Å²) in [6, 6.07) is 21.1. The minimum Gasteiger partial charge on any atom is -0.491 e. The van der Waals surface area contributed by atoms with Crippen molar-refractivity contribution in [1.29, 1.82) is 0 Å². The number of aliphatic hydroxyl groups excluding tert-OH is 1. The first-order valence-electron chi connectivity index (χ1n) is 12.7. The number of pyridine rings is 1. The van der Waals surface area contributed by atoms with Crippen molar-refractivity contribution in [2.24, 2.45) is 5.92 Å². The molecule has 3 atom stereocenters. The lowest BCUT2D eigenvalue weighted by molar-refractivity contribution is 0.0740. The molecule has 0 fully saturated rings. The van der Waals surface area contributed by atoms with Gasteiger partial charge in [0.2, 0.25) is 0 Å². The monoisotopic (exact) mass is 514 g/mol. The van der Waals surface area contributed by atoms with Crippen molar-refractivity contribution in [2.75, 3.05) is 20.8 Å². The Morgan fingerprint density at radius 2 is 1.76 bits per heavy atom. The van der Waals surface area contributed by atoms with Gasteiger partial charge in [-0.25, -0.2) is 0 Å². The van der Waals surface area contributed by atoms with Crippen molar-refractivity contribution in [2.45, 2.75) is 31.9 Å². The maximum Gasteiger partial charge on any atom is 0.297 e. The molecule has 0 radical (unpaired) electrons. The van der Waals surface area contributed by atoms with Crippen molar-refractivity contribution in [3.8, 4) is 11.4 Å². The van der Waals surface area contributed by atoms with Gasteiger partial charge >= 0.3 is 0 Å². The van der Waals surface area contributed by atoms with Crippen LogP contribution in [0, 0.1) is 5.92 Å². The first-order chi connectivity index (χ1) is 18.5. The standard InChI is InChI=1S/C30H34N4O4/c1-22(10-7-8-18-33-20-27(31-32-33)26(21-35)23-11-5-4-6-12-23)29(38-3)24-14-16-25(17-15-24)34-19-9-13-28(37-2)30(34)36/h4-7,9-17,19-20,22,26,29,35H,8,18,21H2,1-3H3/b10-7+/t22-,26?,29+/m0/s1. The number of nitrogens with zero attached hydrogens (tertiary/aromatic N) is 4. The number of methoxy groups -OCH3 is 2. The van der Waals surface area contributed by atoms with Crippen LogP contribution in [0.3, 0.4) is 0 Å². The van der Waals surface area contributed by atoms with E-state index in [2.05, 4.69) is 29.4 Å². The smallest absolute Gasteiger partial charge is 0.297 e. The lowest BCUT2D eigenvalue weighted by Crippen LogP contribution is -2.19. The molecule has 0 saturated carbocycles. The molecule has 8 nitrogen and oxygen atoms in total. The van der Waals surface area contributed by atoms with Crippen LogP contribution in [0.4, 0.5) is 0 Å². The summed E-state index contributed by atoms with van der Waals surface area (Å²) in [6.45, 7) is 2.78. The zero-order chi connectivity index (χ0) is 26.9. The molecule has 0 saturated heterocycles. The predicted molar refractivity (Wildman–Crippen MR) is 147 cm³/mol. The molecular formula is C30H34N4O4. The first kappa shape index (κ1) is 27.0. The van der Waals surface area contributed by atoms with Gasteiger partial charge in [0.15, 0.2) is 5.75 Å². The Balaban J connectivity index is 1.36. The maximum atomic E-state index is 12.5. The number of hydrogen-bond donors (Lipinski definition) is 1. The van der Waals surface area contributed by atoms with Gasteiger partial charge in [0.25, 0.3) is 5.56 Å². The number of ether oxygens (including phenoxy) is 2. The molecule has 0 aliphatic rings. The van der Waals surface area contributed by atoms with Gasteiger partial charge < -0.3 is 14.6 Å². The van der Waals surface area contributed by atoms with Gasteiger partial charge in [-0.05, 0) is 41.8 Å². The summed E-state index contributed by atoms with van der Waals surface area (Å²) in [5.41, 5.74) is 3.37. The fourth-order valence-electron chi connectivity index (χ4n) is 4.57. The summed E-state index contributed by atoms with van der Waals surface area (Å²) >= 11 is 0. The Labute approximate surface area is 222 Å². The van der Waals surface area contributed by atoms with E-state index in [9.17, 15) is 9.90 Å². The molecule has 2 heterocycles. The average molecular weight is 515 g/mol. The summed E-state index contributed by atoms with van der Waals surface area (Å²) in [5, 5.41) is 18.4. The largest absolute Gasteiger partial charge is 0.491 e. The van der Waals surface area contributed by atoms with E-state index in [0.717, 1.165) is 28.9 Å².